The van der Waals surface area contributed by atoms with Gasteiger partial charge in [0.15, 0.2) is 11.5 Å². The van der Waals surface area contributed by atoms with Gasteiger partial charge in [0, 0.05) is 17.3 Å². The van der Waals surface area contributed by atoms with Crippen LogP contribution < -0.4 is 0 Å². The van der Waals surface area contributed by atoms with Crippen LogP contribution in [0, 0.1) is 34.6 Å². The van der Waals surface area contributed by atoms with Crippen molar-refractivity contribution in [1.29, 1.82) is 0 Å². The monoisotopic (exact) mass is 413 g/mol. The lowest BCUT2D eigenvalue weighted by molar-refractivity contribution is 0.418. The minimum Gasteiger partial charge on any atom is -0.364 e. The number of aryl methyl sites for hydroxylation is 5. The summed E-state index contributed by atoms with van der Waals surface area (Å²) in [7, 11) is 0. The van der Waals surface area contributed by atoms with Gasteiger partial charge in [-0.25, -0.2) is 4.98 Å². The highest BCUT2D eigenvalue weighted by atomic mass is 16.5. The second kappa shape index (κ2) is 7.52. The van der Waals surface area contributed by atoms with Crippen LogP contribution in [0.2, 0.25) is 0 Å². The molecule has 0 unspecified atom stereocenters. The Kier molecular flexibility index (Phi) is 5.12. The summed E-state index contributed by atoms with van der Waals surface area (Å²) in [6, 6.07) is 10.8. The molecule has 160 valence electrons. The van der Waals surface area contributed by atoms with E-state index < -0.39 is 0 Å². The van der Waals surface area contributed by atoms with E-state index in [2.05, 4.69) is 102 Å². The Morgan fingerprint density at radius 3 is 2.06 bits per heavy atom. The van der Waals surface area contributed by atoms with Crippen molar-refractivity contribution in [2.24, 2.45) is 0 Å². The third-order valence-electron chi connectivity index (χ3n) is 5.91. The number of benzene rings is 2. The quantitative estimate of drug-likeness (QED) is 0.362. The summed E-state index contributed by atoms with van der Waals surface area (Å²) in [5.41, 5.74) is 11.1. The molecule has 0 atom stereocenters. The zero-order valence-corrected chi connectivity index (χ0v) is 19.8. The maximum absolute atomic E-state index is 5.46. The van der Waals surface area contributed by atoms with Gasteiger partial charge in [-0.2, -0.15) is 0 Å². The van der Waals surface area contributed by atoms with Crippen molar-refractivity contribution >= 4 is 0 Å². The van der Waals surface area contributed by atoms with Crippen molar-refractivity contribution in [3.63, 3.8) is 0 Å². The van der Waals surface area contributed by atoms with Crippen LogP contribution in [0.5, 0.6) is 0 Å². The van der Waals surface area contributed by atoms with Gasteiger partial charge in [0.2, 0.25) is 0 Å². The second-order valence-corrected chi connectivity index (χ2v) is 9.66. The van der Waals surface area contributed by atoms with Gasteiger partial charge in [-0.15, -0.1) is 0 Å². The summed E-state index contributed by atoms with van der Waals surface area (Å²) < 4.78 is 7.65. The van der Waals surface area contributed by atoms with E-state index in [1.807, 2.05) is 0 Å². The SMILES string of the molecule is Cc1cc(C)c(-n2cc(-c3c(C)cccc3C)nc2-c2nocc2C(C)(C)C)c(C)c1. The van der Waals surface area contributed by atoms with Crippen LogP contribution in [-0.2, 0) is 5.41 Å². The van der Waals surface area contributed by atoms with Crippen LogP contribution in [0.4, 0.5) is 0 Å². The molecule has 4 nitrogen and oxygen atoms in total. The maximum atomic E-state index is 5.46. The smallest absolute Gasteiger partial charge is 0.167 e. The second-order valence-electron chi connectivity index (χ2n) is 9.66. The van der Waals surface area contributed by atoms with Crippen molar-refractivity contribution in [2.45, 2.75) is 60.8 Å². The molecule has 0 spiro atoms. The molecule has 0 amide bonds. The van der Waals surface area contributed by atoms with Gasteiger partial charge in [-0.05, 0) is 62.3 Å². The molecule has 0 radical (unpaired) electrons. The first-order valence-electron chi connectivity index (χ1n) is 10.8. The van der Waals surface area contributed by atoms with Crippen LogP contribution in [0.3, 0.4) is 0 Å². The molecule has 0 fully saturated rings. The average molecular weight is 414 g/mol. The van der Waals surface area contributed by atoms with E-state index in [-0.39, 0.29) is 5.41 Å². The Hall–Kier alpha value is -3.14. The molecule has 4 heteroatoms. The van der Waals surface area contributed by atoms with Crippen molar-refractivity contribution in [2.75, 3.05) is 0 Å². The highest BCUT2D eigenvalue weighted by Gasteiger charge is 2.27. The van der Waals surface area contributed by atoms with E-state index in [1.165, 1.54) is 33.4 Å². The summed E-state index contributed by atoms with van der Waals surface area (Å²) >= 11 is 0. The topological polar surface area (TPSA) is 43.9 Å². The molecule has 0 saturated carbocycles. The Labute approximate surface area is 184 Å². The normalized spacial score (nSPS) is 11.9. The van der Waals surface area contributed by atoms with E-state index in [0.29, 0.717) is 0 Å². The molecule has 0 aliphatic heterocycles. The molecule has 0 saturated heterocycles. The molecule has 2 aromatic carbocycles. The minimum atomic E-state index is -0.109. The molecular weight excluding hydrogens is 382 g/mol. The van der Waals surface area contributed by atoms with Gasteiger partial charge in [0.1, 0.15) is 6.26 Å². The fourth-order valence-corrected chi connectivity index (χ4v) is 4.54. The highest BCUT2D eigenvalue weighted by molar-refractivity contribution is 5.72. The molecule has 0 bridgehead atoms. The maximum Gasteiger partial charge on any atom is 0.167 e. The van der Waals surface area contributed by atoms with Gasteiger partial charge < -0.3 is 4.52 Å². The van der Waals surface area contributed by atoms with Crippen molar-refractivity contribution < 1.29 is 4.52 Å². The predicted octanol–water partition coefficient (Wildman–Crippen LogP) is 7.03. The lowest BCUT2D eigenvalue weighted by Gasteiger charge is -2.18. The lowest BCUT2D eigenvalue weighted by Crippen LogP contribution is -2.12. The predicted molar refractivity (Wildman–Crippen MR) is 127 cm³/mol. The molecular formula is C27H31N3O. The molecule has 2 aromatic heterocycles. The van der Waals surface area contributed by atoms with E-state index in [4.69, 9.17) is 9.51 Å². The van der Waals surface area contributed by atoms with Crippen LogP contribution in [0.1, 0.15) is 54.2 Å². The summed E-state index contributed by atoms with van der Waals surface area (Å²) in [6.45, 7) is 17.2. The highest BCUT2D eigenvalue weighted by Crippen LogP contribution is 2.37. The van der Waals surface area contributed by atoms with Crippen molar-refractivity contribution in [3.05, 3.63) is 76.2 Å². The Balaban J connectivity index is 2.06. The van der Waals surface area contributed by atoms with E-state index in [9.17, 15) is 0 Å². The molecule has 2 heterocycles. The number of nitrogens with zero attached hydrogens (tertiary/aromatic N) is 3. The number of imidazole rings is 1. The van der Waals surface area contributed by atoms with Gasteiger partial charge in [-0.3, -0.25) is 4.57 Å². The third kappa shape index (κ3) is 3.71. The zero-order chi connectivity index (χ0) is 22.5. The number of aromatic nitrogens is 3. The minimum absolute atomic E-state index is 0.109. The van der Waals surface area contributed by atoms with Gasteiger partial charge in [-0.1, -0.05) is 61.8 Å². The molecule has 31 heavy (non-hydrogen) atoms. The van der Waals surface area contributed by atoms with Crippen LogP contribution in [0.15, 0.2) is 47.3 Å². The van der Waals surface area contributed by atoms with Crippen LogP contribution >= 0.6 is 0 Å². The van der Waals surface area contributed by atoms with Crippen LogP contribution in [0.25, 0.3) is 28.5 Å². The van der Waals surface area contributed by atoms with Gasteiger partial charge >= 0.3 is 0 Å². The van der Waals surface area contributed by atoms with E-state index >= 15 is 0 Å². The average Bonchev–Trinajstić information content (AvgIpc) is 3.27. The largest absolute Gasteiger partial charge is 0.364 e. The Bertz CT molecular complexity index is 1220. The Morgan fingerprint density at radius 2 is 1.48 bits per heavy atom. The standard InChI is InChI=1S/C27H31N3O/c1-16-12-19(4)25(20(5)13-16)30-14-22(23-17(2)10-9-11-18(23)3)28-26(30)24-21(15-31-29-24)27(6,7)8/h9-15H,1-8H3. The van der Waals surface area contributed by atoms with Crippen molar-refractivity contribution in [3.8, 4) is 28.5 Å². The first-order valence-corrected chi connectivity index (χ1v) is 10.8. The van der Waals surface area contributed by atoms with E-state index in [1.54, 1.807) is 6.26 Å². The molecule has 0 aliphatic carbocycles. The fraction of sp³-hybridized carbons (Fsp3) is 0.333. The van der Waals surface area contributed by atoms with Gasteiger partial charge in [0.25, 0.3) is 0 Å². The van der Waals surface area contributed by atoms with Crippen LogP contribution in [-0.4, -0.2) is 14.7 Å². The Morgan fingerprint density at radius 1 is 0.871 bits per heavy atom. The zero-order valence-electron chi connectivity index (χ0n) is 19.8. The van der Waals surface area contributed by atoms with Crippen molar-refractivity contribution in [1.82, 2.24) is 14.7 Å². The number of hydrogen-bond donors (Lipinski definition) is 0. The lowest BCUT2D eigenvalue weighted by atomic mass is 9.87. The molecule has 0 N–H and O–H groups in total. The number of rotatable bonds is 3. The first-order chi connectivity index (χ1) is 14.6. The molecule has 4 aromatic rings. The molecule has 4 rings (SSSR count). The molecule has 0 aliphatic rings. The summed E-state index contributed by atoms with van der Waals surface area (Å²) in [6.07, 6.45) is 3.90. The summed E-state index contributed by atoms with van der Waals surface area (Å²) in [5, 5.41) is 4.41. The fourth-order valence-electron chi connectivity index (χ4n) is 4.54. The van der Waals surface area contributed by atoms with E-state index in [0.717, 1.165) is 28.5 Å². The van der Waals surface area contributed by atoms with Gasteiger partial charge in [0.05, 0.1) is 11.4 Å². The summed E-state index contributed by atoms with van der Waals surface area (Å²) in [4.78, 5) is 5.14. The summed E-state index contributed by atoms with van der Waals surface area (Å²) in [5.74, 6) is 0.811. The third-order valence-corrected chi connectivity index (χ3v) is 5.91. The number of hydrogen-bond acceptors (Lipinski definition) is 3. The first kappa shape index (κ1) is 21.1.